The molecule has 0 spiro atoms. The number of hydrogen-bond donors (Lipinski definition) is 1. The second-order valence-corrected chi connectivity index (χ2v) is 10.6. The Labute approximate surface area is 201 Å². The van der Waals surface area contributed by atoms with E-state index in [0.29, 0.717) is 24.6 Å². The van der Waals surface area contributed by atoms with E-state index in [9.17, 15) is 13.2 Å². The van der Waals surface area contributed by atoms with E-state index in [-0.39, 0.29) is 17.3 Å². The number of thioether (sulfide) groups is 1. The zero-order chi connectivity index (χ0) is 23.7. The summed E-state index contributed by atoms with van der Waals surface area (Å²) in [6.07, 6.45) is 5.24. The monoisotopic (exact) mass is 491 g/mol. The molecule has 1 N–H and O–H groups in total. The van der Waals surface area contributed by atoms with E-state index < -0.39 is 10.0 Å². The molecule has 0 aliphatic carbocycles. The third kappa shape index (κ3) is 6.88. The van der Waals surface area contributed by atoms with Gasteiger partial charge in [0.1, 0.15) is 12.3 Å². The number of carbonyl (C=O) groups is 1. The van der Waals surface area contributed by atoms with Crippen LogP contribution in [0.25, 0.3) is 0 Å². The Balaban J connectivity index is 1.78. The standard InChI is InChI=1S/C24H33N3O4S2/c1-3-31-23-10-5-4-9-22(23)27(33(29,30)21-13-11-20(32-2)12-14-21)19-24(28)25-15-8-18-26-16-6-7-17-26/h4-5,9-14H,3,6-8,15-19H2,1-2H3,(H,25,28). The molecule has 1 aliphatic heterocycles. The highest BCUT2D eigenvalue weighted by atomic mass is 32.2. The number of amides is 1. The molecule has 0 aromatic heterocycles. The summed E-state index contributed by atoms with van der Waals surface area (Å²) in [6.45, 7) is 5.59. The smallest absolute Gasteiger partial charge is 0.264 e. The molecule has 0 saturated carbocycles. The van der Waals surface area contributed by atoms with Crippen molar-refractivity contribution in [2.45, 2.75) is 36.0 Å². The van der Waals surface area contributed by atoms with Gasteiger partial charge in [-0.25, -0.2) is 8.42 Å². The van der Waals surface area contributed by atoms with Gasteiger partial charge in [0.15, 0.2) is 0 Å². The molecule has 1 amide bonds. The second-order valence-electron chi connectivity index (χ2n) is 7.84. The summed E-state index contributed by atoms with van der Waals surface area (Å²) in [6, 6.07) is 13.6. The van der Waals surface area contributed by atoms with Crippen molar-refractivity contribution >= 4 is 33.4 Å². The minimum Gasteiger partial charge on any atom is -0.492 e. The molecule has 33 heavy (non-hydrogen) atoms. The van der Waals surface area contributed by atoms with Crippen molar-refractivity contribution in [3.8, 4) is 5.75 Å². The van der Waals surface area contributed by atoms with Gasteiger partial charge in [-0.05, 0) is 88.5 Å². The number of ether oxygens (including phenoxy) is 1. The van der Waals surface area contributed by atoms with Crippen LogP contribution in [0, 0.1) is 0 Å². The molecule has 0 unspecified atom stereocenters. The fourth-order valence-electron chi connectivity index (χ4n) is 3.84. The largest absolute Gasteiger partial charge is 0.492 e. The minimum absolute atomic E-state index is 0.133. The van der Waals surface area contributed by atoms with Crippen LogP contribution in [0.3, 0.4) is 0 Å². The maximum atomic E-state index is 13.6. The van der Waals surface area contributed by atoms with Crippen molar-refractivity contribution in [1.29, 1.82) is 0 Å². The first kappa shape index (κ1) is 25.4. The summed E-state index contributed by atoms with van der Waals surface area (Å²) < 4.78 is 34.0. The summed E-state index contributed by atoms with van der Waals surface area (Å²) in [5.74, 6) is 0.0816. The Morgan fingerprint density at radius 1 is 1.12 bits per heavy atom. The van der Waals surface area contributed by atoms with Gasteiger partial charge in [-0.15, -0.1) is 11.8 Å². The summed E-state index contributed by atoms with van der Waals surface area (Å²) >= 11 is 1.54. The highest BCUT2D eigenvalue weighted by Gasteiger charge is 2.29. The van der Waals surface area contributed by atoms with Gasteiger partial charge in [-0.2, -0.15) is 0 Å². The van der Waals surface area contributed by atoms with Gasteiger partial charge in [0.2, 0.25) is 5.91 Å². The number of rotatable bonds is 12. The number of anilines is 1. The first-order valence-corrected chi connectivity index (χ1v) is 14.0. The lowest BCUT2D eigenvalue weighted by atomic mass is 10.3. The van der Waals surface area contributed by atoms with Crippen molar-refractivity contribution in [2.75, 3.05) is 49.9 Å². The van der Waals surface area contributed by atoms with Crippen LogP contribution in [-0.2, 0) is 14.8 Å². The maximum Gasteiger partial charge on any atom is 0.264 e. The number of hydrogen-bond acceptors (Lipinski definition) is 6. The number of carbonyl (C=O) groups excluding carboxylic acids is 1. The van der Waals surface area contributed by atoms with Crippen LogP contribution < -0.4 is 14.4 Å². The van der Waals surface area contributed by atoms with Crippen molar-refractivity contribution in [3.63, 3.8) is 0 Å². The van der Waals surface area contributed by atoms with Crippen LogP contribution in [-0.4, -0.2) is 64.8 Å². The Morgan fingerprint density at radius 2 is 1.82 bits per heavy atom. The van der Waals surface area contributed by atoms with Crippen molar-refractivity contribution in [3.05, 3.63) is 48.5 Å². The van der Waals surface area contributed by atoms with E-state index in [1.807, 2.05) is 13.2 Å². The van der Waals surface area contributed by atoms with E-state index in [1.165, 1.54) is 24.6 Å². The fourth-order valence-corrected chi connectivity index (χ4v) is 5.68. The number of nitrogens with one attached hydrogen (secondary N) is 1. The molecule has 180 valence electrons. The maximum absolute atomic E-state index is 13.6. The SMILES string of the molecule is CCOc1ccccc1N(CC(=O)NCCCN1CCCC1)S(=O)(=O)c1ccc(SC)cc1. The van der Waals surface area contributed by atoms with Gasteiger partial charge < -0.3 is 15.0 Å². The number of likely N-dealkylation sites (tertiary alicyclic amines) is 1. The van der Waals surface area contributed by atoms with Crippen LogP contribution in [0.15, 0.2) is 58.3 Å². The van der Waals surface area contributed by atoms with E-state index in [1.54, 1.807) is 48.5 Å². The van der Waals surface area contributed by atoms with Crippen molar-refractivity contribution in [1.82, 2.24) is 10.2 Å². The predicted molar refractivity (Wildman–Crippen MR) is 134 cm³/mol. The third-order valence-electron chi connectivity index (χ3n) is 5.54. The molecule has 0 atom stereocenters. The van der Waals surface area contributed by atoms with Gasteiger partial charge in [-0.1, -0.05) is 12.1 Å². The summed E-state index contributed by atoms with van der Waals surface area (Å²) in [7, 11) is -3.98. The minimum atomic E-state index is -3.98. The lowest BCUT2D eigenvalue weighted by Gasteiger charge is -2.26. The molecule has 3 rings (SSSR count). The van der Waals surface area contributed by atoms with Gasteiger partial charge in [0, 0.05) is 11.4 Å². The molecule has 2 aromatic carbocycles. The fraction of sp³-hybridized carbons (Fsp3) is 0.458. The first-order valence-electron chi connectivity index (χ1n) is 11.3. The molecule has 0 bridgehead atoms. The average molecular weight is 492 g/mol. The normalized spacial score (nSPS) is 14.2. The van der Waals surface area contributed by atoms with E-state index >= 15 is 0 Å². The lowest BCUT2D eigenvalue weighted by Crippen LogP contribution is -2.41. The third-order valence-corrected chi connectivity index (χ3v) is 8.06. The summed E-state index contributed by atoms with van der Waals surface area (Å²) in [5, 5.41) is 2.88. The first-order chi connectivity index (χ1) is 16.0. The molecule has 9 heteroatoms. The highest BCUT2D eigenvalue weighted by Crippen LogP contribution is 2.32. The van der Waals surface area contributed by atoms with E-state index in [0.717, 1.165) is 35.3 Å². The Kier molecular flexibility index (Phi) is 9.46. The number of nitrogens with zero attached hydrogens (tertiary/aromatic N) is 2. The molecule has 1 heterocycles. The molecule has 0 radical (unpaired) electrons. The molecular formula is C24H33N3O4S2. The topological polar surface area (TPSA) is 79.0 Å². The van der Waals surface area contributed by atoms with Gasteiger partial charge in [0.25, 0.3) is 10.0 Å². The number of para-hydroxylation sites is 2. The van der Waals surface area contributed by atoms with Crippen LogP contribution in [0.4, 0.5) is 5.69 Å². The van der Waals surface area contributed by atoms with Crippen LogP contribution >= 0.6 is 11.8 Å². The molecule has 2 aromatic rings. The highest BCUT2D eigenvalue weighted by molar-refractivity contribution is 7.98. The predicted octanol–water partition coefficient (Wildman–Crippen LogP) is 3.60. The molecule has 1 saturated heterocycles. The van der Waals surface area contributed by atoms with Crippen molar-refractivity contribution < 1.29 is 17.9 Å². The number of sulfonamides is 1. The molecule has 1 fully saturated rings. The quantitative estimate of drug-likeness (QED) is 0.361. The number of benzene rings is 2. The van der Waals surface area contributed by atoms with Gasteiger partial charge >= 0.3 is 0 Å². The van der Waals surface area contributed by atoms with Crippen LogP contribution in [0.1, 0.15) is 26.2 Å². The second kappa shape index (κ2) is 12.3. The molecular weight excluding hydrogens is 458 g/mol. The van der Waals surface area contributed by atoms with Gasteiger partial charge in [0.05, 0.1) is 17.2 Å². The summed E-state index contributed by atoms with van der Waals surface area (Å²) in [4.78, 5) is 16.3. The lowest BCUT2D eigenvalue weighted by molar-refractivity contribution is -0.119. The van der Waals surface area contributed by atoms with E-state index in [4.69, 9.17) is 4.74 Å². The summed E-state index contributed by atoms with van der Waals surface area (Å²) in [5.41, 5.74) is 0.348. The zero-order valence-electron chi connectivity index (χ0n) is 19.3. The molecule has 7 nitrogen and oxygen atoms in total. The molecule has 1 aliphatic rings. The van der Waals surface area contributed by atoms with Crippen LogP contribution in [0.5, 0.6) is 5.75 Å². The Hall–Kier alpha value is -2.23. The van der Waals surface area contributed by atoms with E-state index in [2.05, 4.69) is 10.2 Å². The zero-order valence-corrected chi connectivity index (χ0v) is 21.0. The Morgan fingerprint density at radius 3 is 2.48 bits per heavy atom. The van der Waals surface area contributed by atoms with Crippen LogP contribution in [0.2, 0.25) is 0 Å². The Bertz CT molecular complexity index is 1010. The van der Waals surface area contributed by atoms with Crippen molar-refractivity contribution in [2.24, 2.45) is 0 Å². The average Bonchev–Trinajstić information content (AvgIpc) is 3.35. The van der Waals surface area contributed by atoms with Gasteiger partial charge in [-0.3, -0.25) is 9.10 Å².